The number of nitrogens with one attached hydrogen (secondary N) is 1. The second-order valence-electron chi connectivity index (χ2n) is 3.03. The Labute approximate surface area is 85.7 Å². The lowest BCUT2D eigenvalue weighted by molar-refractivity contribution is 0.363. The Hall–Kier alpha value is -1.83. The van der Waals surface area contributed by atoms with Gasteiger partial charge in [0, 0.05) is 0 Å². The van der Waals surface area contributed by atoms with E-state index in [1.807, 2.05) is 0 Å². The quantitative estimate of drug-likeness (QED) is 0.703. The molecule has 2 heterocycles. The molecule has 15 heavy (non-hydrogen) atoms. The molecule has 0 saturated carbocycles. The molecule has 1 N–H and O–H groups in total. The highest BCUT2D eigenvalue weighted by molar-refractivity contribution is 4.83. The van der Waals surface area contributed by atoms with Gasteiger partial charge in [0.2, 0.25) is 5.89 Å². The maximum Gasteiger partial charge on any atom is 0.240 e. The lowest BCUT2D eigenvalue weighted by atomic mass is 10.5. The van der Waals surface area contributed by atoms with Gasteiger partial charge in [-0.05, 0) is 12.1 Å². The Balaban J connectivity index is 1.80. The summed E-state index contributed by atoms with van der Waals surface area (Å²) in [6.07, 6.45) is 0. The van der Waals surface area contributed by atoms with Crippen LogP contribution >= 0.6 is 0 Å². The van der Waals surface area contributed by atoms with Crippen molar-refractivity contribution in [3.8, 4) is 0 Å². The van der Waals surface area contributed by atoms with E-state index in [0.29, 0.717) is 30.6 Å². The van der Waals surface area contributed by atoms with Crippen LogP contribution in [0.25, 0.3) is 0 Å². The maximum atomic E-state index is 4.92. The highest BCUT2D eigenvalue weighted by atomic mass is 16.5. The van der Waals surface area contributed by atoms with Gasteiger partial charge in [-0.3, -0.25) is 0 Å². The summed E-state index contributed by atoms with van der Waals surface area (Å²) >= 11 is 0. The lowest BCUT2D eigenvalue weighted by Gasteiger charge is -1.95. The molecule has 0 bridgehead atoms. The van der Waals surface area contributed by atoms with Gasteiger partial charge in [0.25, 0.3) is 0 Å². The molecule has 2 aromatic heterocycles. The number of nitrogens with zero attached hydrogens (tertiary/aromatic N) is 6. The number of aromatic nitrogens is 6. The molecule has 0 aliphatic heterocycles. The Morgan fingerprint density at radius 2 is 2.27 bits per heavy atom. The third-order valence-electron chi connectivity index (χ3n) is 1.68. The van der Waals surface area contributed by atoms with Crippen molar-refractivity contribution in [2.24, 2.45) is 7.05 Å². The summed E-state index contributed by atoms with van der Waals surface area (Å²) < 4.78 is 4.92. The van der Waals surface area contributed by atoms with Crippen LogP contribution in [0.2, 0.25) is 0 Å². The van der Waals surface area contributed by atoms with Crippen molar-refractivity contribution in [2.75, 3.05) is 0 Å². The summed E-state index contributed by atoms with van der Waals surface area (Å²) in [5, 5.41) is 18.3. The molecule has 0 radical (unpaired) electrons. The summed E-state index contributed by atoms with van der Waals surface area (Å²) in [4.78, 5) is 5.46. The minimum Gasteiger partial charge on any atom is -0.338 e. The van der Waals surface area contributed by atoms with Gasteiger partial charge >= 0.3 is 0 Å². The number of aryl methyl sites for hydroxylation is 2. The molecular weight excluding hydrogens is 198 g/mol. The minimum absolute atomic E-state index is 0.499. The molecule has 0 aromatic carbocycles. The van der Waals surface area contributed by atoms with Crippen molar-refractivity contribution < 1.29 is 4.52 Å². The zero-order valence-corrected chi connectivity index (χ0v) is 8.51. The molecule has 0 amide bonds. The molecule has 0 spiro atoms. The SMILES string of the molecule is Cc1noc(CNCc2nnn(C)n2)n1. The van der Waals surface area contributed by atoms with Crippen LogP contribution in [0.15, 0.2) is 4.52 Å². The molecular formula is C7H11N7O. The molecule has 2 aromatic rings. The van der Waals surface area contributed by atoms with E-state index in [0.717, 1.165) is 0 Å². The molecule has 80 valence electrons. The van der Waals surface area contributed by atoms with Crippen molar-refractivity contribution in [3.05, 3.63) is 17.5 Å². The predicted octanol–water partition coefficient (Wildman–Crippen LogP) is -0.809. The summed E-state index contributed by atoms with van der Waals surface area (Å²) in [5.74, 6) is 1.81. The normalized spacial score (nSPS) is 10.8. The first kappa shape index (κ1) is 9.71. The fourth-order valence-electron chi connectivity index (χ4n) is 1.09. The van der Waals surface area contributed by atoms with E-state index in [-0.39, 0.29) is 0 Å². The second-order valence-corrected chi connectivity index (χ2v) is 3.03. The Bertz CT molecular complexity index is 394. The number of hydrogen-bond donors (Lipinski definition) is 1. The van der Waals surface area contributed by atoms with Crippen LogP contribution < -0.4 is 5.32 Å². The fraction of sp³-hybridized carbons (Fsp3) is 0.571. The molecule has 0 unspecified atom stereocenters. The first-order chi connectivity index (χ1) is 7.24. The standard InChI is InChI=1S/C7H11N7O/c1-5-9-7(15-12-5)4-8-3-6-10-13-14(2)11-6/h8H,3-4H2,1-2H3. The third kappa shape index (κ3) is 2.56. The van der Waals surface area contributed by atoms with Gasteiger partial charge in [-0.25, -0.2) is 0 Å². The topological polar surface area (TPSA) is 94.6 Å². The van der Waals surface area contributed by atoms with Gasteiger partial charge in [0.05, 0.1) is 20.1 Å². The summed E-state index contributed by atoms with van der Waals surface area (Å²) in [5.41, 5.74) is 0. The first-order valence-electron chi connectivity index (χ1n) is 4.47. The molecule has 0 saturated heterocycles. The van der Waals surface area contributed by atoms with Crippen LogP contribution in [0.3, 0.4) is 0 Å². The van der Waals surface area contributed by atoms with Crippen molar-refractivity contribution >= 4 is 0 Å². The van der Waals surface area contributed by atoms with Crippen molar-refractivity contribution in [3.63, 3.8) is 0 Å². The molecule has 8 nitrogen and oxygen atoms in total. The van der Waals surface area contributed by atoms with Gasteiger partial charge < -0.3 is 9.84 Å². The fourth-order valence-corrected chi connectivity index (χ4v) is 1.09. The number of tetrazole rings is 1. The average molecular weight is 209 g/mol. The molecule has 0 atom stereocenters. The van der Waals surface area contributed by atoms with Crippen molar-refractivity contribution in [1.29, 1.82) is 0 Å². The Morgan fingerprint density at radius 3 is 2.87 bits per heavy atom. The predicted molar refractivity (Wildman–Crippen MR) is 48.4 cm³/mol. The number of rotatable bonds is 4. The summed E-state index contributed by atoms with van der Waals surface area (Å²) in [6.45, 7) is 2.80. The van der Waals surface area contributed by atoms with E-state index >= 15 is 0 Å². The largest absolute Gasteiger partial charge is 0.338 e. The molecule has 0 fully saturated rings. The monoisotopic (exact) mass is 209 g/mol. The van der Waals surface area contributed by atoms with Crippen molar-refractivity contribution in [1.82, 2.24) is 35.7 Å². The van der Waals surface area contributed by atoms with Crippen LogP contribution in [-0.2, 0) is 20.1 Å². The average Bonchev–Trinajstić information content (AvgIpc) is 2.76. The van der Waals surface area contributed by atoms with Crippen LogP contribution in [-0.4, -0.2) is 30.3 Å². The van der Waals surface area contributed by atoms with Crippen LogP contribution in [0, 0.1) is 6.92 Å². The minimum atomic E-state index is 0.499. The first-order valence-corrected chi connectivity index (χ1v) is 4.47. The summed E-state index contributed by atoms with van der Waals surface area (Å²) in [6, 6.07) is 0. The number of hydrogen-bond acceptors (Lipinski definition) is 7. The third-order valence-corrected chi connectivity index (χ3v) is 1.68. The molecule has 0 aliphatic carbocycles. The summed E-state index contributed by atoms with van der Waals surface area (Å²) in [7, 11) is 1.72. The van der Waals surface area contributed by atoms with E-state index in [4.69, 9.17) is 4.52 Å². The highest BCUT2D eigenvalue weighted by Gasteiger charge is 2.03. The van der Waals surface area contributed by atoms with E-state index < -0.39 is 0 Å². The van der Waals surface area contributed by atoms with Crippen LogP contribution in [0.5, 0.6) is 0 Å². The molecule has 2 rings (SSSR count). The smallest absolute Gasteiger partial charge is 0.240 e. The molecule has 8 heteroatoms. The van der Waals surface area contributed by atoms with Crippen molar-refractivity contribution in [2.45, 2.75) is 20.0 Å². The van der Waals surface area contributed by atoms with Gasteiger partial charge in [-0.1, -0.05) is 5.16 Å². The zero-order valence-electron chi connectivity index (χ0n) is 8.51. The Morgan fingerprint density at radius 1 is 1.40 bits per heavy atom. The van der Waals surface area contributed by atoms with Gasteiger partial charge in [-0.15, -0.1) is 10.2 Å². The highest BCUT2D eigenvalue weighted by Crippen LogP contribution is 1.95. The maximum absolute atomic E-state index is 4.92. The van der Waals surface area contributed by atoms with Crippen LogP contribution in [0.4, 0.5) is 0 Å². The Kier molecular flexibility index (Phi) is 2.68. The van der Waals surface area contributed by atoms with Gasteiger partial charge in [0.1, 0.15) is 0 Å². The van der Waals surface area contributed by atoms with E-state index in [9.17, 15) is 0 Å². The van der Waals surface area contributed by atoms with Crippen LogP contribution in [0.1, 0.15) is 17.5 Å². The van der Waals surface area contributed by atoms with E-state index in [1.165, 1.54) is 4.80 Å². The molecule has 0 aliphatic rings. The lowest BCUT2D eigenvalue weighted by Crippen LogP contribution is -2.14. The second kappa shape index (κ2) is 4.13. The zero-order chi connectivity index (χ0) is 10.7. The van der Waals surface area contributed by atoms with E-state index in [1.54, 1.807) is 14.0 Å². The van der Waals surface area contributed by atoms with Gasteiger partial charge in [-0.2, -0.15) is 9.78 Å². The van der Waals surface area contributed by atoms with Gasteiger partial charge in [0.15, 0.2) is 11.6 Å². The van der Waals surface area contributed by atoms with E-state index in [2.05, 4.69) is 30.9 Å².